The van der Waals surface area contributed by atoms with Gasteiger partial charge in [0, 0.05) is 45.3 Å². The van der Waals surface area contributed by atoms with E-state index in [1.165, 1.54) is 5.56 Å². The summed E-state index contributed by atoms with van der Waals surface area (Å²) in [5.41, 5.74) is 2.38. The van der Waals surface area contributed by atoms with E-state index in [1.54, 1.807) is 19.6 Å². The third-order valence-electron chi connectivity index (χ3n) is 4.87. The molecule has 0 aliphatic carbocycles. The van der Waals surface area contributed by atoms with Crippen LogP contribution < -0.4 is 0 Å². The van der Waals surface area contributed by atoms with E-state index in [9.17, 15) is 0 Å². The molecule has 1 aliphatic rings. The zero-order chi connectivity index (χ0) is 17.2. The van der Waals surface area contributed by atoms with E-state index in [-0.39, 0.29) is 12.1 Å². The van der Waals surface area contributed by atoms with Crippen molar-refractivity contribution in [3.63, 3.8) is 0 Å². The Hall–Kier alpha value is -2.51. The lowest BCUT2D eigenvalue weighted by Gasteiger charge is -2.23. The summed E-state index contributed by atoms with van der Waals surface area (Å²) in [6, 6.07) is 8.81. The number of nitrogens with zero attached hydrogens (tertiary/aromatic N) is 6. The highest BCUT2D eigenvalue weighted by molar-refractivity contribution is 5.34. The highest BCUT2D eigenvalue weighted by atomic mass is 16.5. The zero-order valence-electron chi connectivity index (χ0n) is 14.5. The monoisotopic (exact) mass is 338 g/mol. The summed E-state index contributed by atoms with van der Waals surface area (Å²) in [5, 5.41) is 8.35. The topological polar surface area (TPSA) is 61.0 Å². The lowest BCUT2D eigenvalue weighted by atomic mass is 10.1. The molecular weight excluding hydrogens is 316 g/mol. The maximum absolute atomic E-state index is 5.61. The molecule has 1 aromatic carbocycles. The summed E-state index contributed by atoms with van der Waals surface area (Å²) < 4.78 is 9.61. The largest absolute Gasteiger partial charge is 0.380 e. The van der Waals surface area contributed by atoms with Gasteiger partial charge in [-0.2, -0.15) is 0 Å². The lowest BCUT2D eigenvalue weighted by molar-refractivity contribution is 0.107. The SMILES string of the molecule is CO[C@@H]1C[C@@H](c2nncn2C)N(Cc2ccc(-n3ccnc3)cc2)C1. The molecule has 0 radical (unpaired) electrons. The second-order valence-corrected chi connectivity index (χ2v) is 6.48. The summed E-state index contributed by atoms with van der Waals surface area (Å²) in [6.07, 6.45) is 8.47. The van der Waals surface area contributed by atoms with Crippen molar-refractivity contribution in [3.8, 4) is 5.69 Å². The van der Waals surface area contributed by atoms with Crippen LogP contribution in [0, 0.1) is 0 Å². The highest BCUT2D eigenvalue weighted by Gasteiger charge is 2.35. The van der Waals surface area contributed by atoms with Crippen molar-refractivity contribution in [2.24, 2.45) is 7.05 Å². The predicted molar refractivity (Wildman–Crippen MR) is 93.1 cm³/mol. The summed E-state index contributed by atoms with van der Waals surface area (Å²) in [7, 11) is 3.77. The average molecular weight is 338 g/mol. The first-order chi connectivity index (χ1) is 12.2. The second-order valence-electron chi connectivity index (χ2n) is 6.48. The second kappa shape index (κ2) is 6.78. The Bertz CT molecular complexity index is 810. The number of rotatable bonds is 5. The van der Waals surface area contributed by atoms with Gasteiger partial charge in [0.15, 0.2) is 0 Å². The molecular formula is C18H22N6O. The number of hydrogen-bond donors (Lipinski definition) is 0. The highest BCUT2D eigenvalue weighted by Crippen LogP contribution is 2.33. The fourth-order valence-corrected chi connectivity index (χ4v) is 3.49. The Morgan fingerprint density at radius 3 is 2.68 bits per heavy atom. The number of imidazole rings is 1. The Morgan fingerprint density at radius 2 is 2.04 bits per heavy atom. The molecule has 3 aromatic rings. The summed E-state index contributed by atoms with van der Waals surface area (Å²) in [4.78, 5) is 6.52. The van der Waals surface area contributed by atoms with Crippen molar-refractivity contribution in [2.45, 2.75) is 25.1 Å². The van der Waals surface area contributed by atoms with E-state index in [2.05, 4.69) is 44.3 Å². The Kier molecular flexibility index (Phi) is 4.33. The van der Waals surface area contributed by atoms with Crippen molar-refractivity contribution >= 4 is 0 Å². The minimum absolute atomic E-state index is 0.228. The van der Waals surface area contributed by atoms with Crippen molar-refractivity contribution < 1.29 is 4.74 Å². The first kappa shape index (κ1) is 16.0. The summed E-state index contributed by atoms with van der Waals surface area (Å²) in [6.45, 7) is 1.76. The van der Waals surface area contributed by atoms with Crippen LogP contribution in [0.3, 0.4) is 0 Å². The minimum Gasteiger partial charge on any atom is -0.380 e. The molecule has 2 atom stereocenters. The number of likely N-dealkylation sites (tertiary alicyclic amines) is 1. The first-order valence-corrected chi connectivity index (χ1v) is 8.42. The Morgan fingerprint density at radius 1 is 1.20 bits per heavy atom. The third kappa shape index (κ3) is 3.20. The predicted octanol–water partition coefficient (Wildman–Crippen LogP) is 1.96. The molecule has 3 heterocycles. The fraction of sp³-hybridized carbons (Fsp3) is 0.389. The molecule has 1 fully saturated rings. The fourth-order valence-electron chi connectivity index (χ4n) is 3.49. The van der Waals surface area contributed by atoms with Gasteiger partial charge in [-0.05, 0) is 24.1 Å². The molecule has 2 aromatic heterocycles. The number of aromatic nitrogens is 5. The van der Waals surface area contributed by atoms with E-state index in [0.717, 1.165) is 31.0 Å². The number of benzene rings is 1. The van der Waals surface area contributed by atoms with Crippen LogP contribution in [0.2, 0.25) is 0 Å². The van der Waals surface area contributed by atoms with Crippen molar-refractivity contribution in [1.29, 1.82) is 0 Å². The Balaban J connectivity index is 1.53. The van der Waals surface area contributed by atoms with Crippen LogP contribution >= 0.6 is 0 Å². The van der Waals surface area contributed by atoms with Crippen molar-refractivity contribution in [1.82, 2.24) is 29.2 Å². The molecule has 0 amide bonds. The van der Waals surface area contributed by atoms with E-state index in [4.69, 9.17) is 4.74 Å². The molecule has 1 saturated heterocycles. The smallest absolute Gasteiger partial charge is 0.150 e. The van der Waals surface area contributed by atoms with Gasteiger partial charge < -0.3 is 13.9 Å². The average Bonchev–Trinajstić information content (AvgIpc) is 3.36. The van der Waals surface area contributed by atoms with Gasteiger partial charge in [0.25, 0.3) is 0 Å². The van der Waals surface area contributed by atoms with Gasteiger partial charge in [0.05, 0.1) is 18.5 Å². The van der Waals surface area contributed by atoms with E-state index in [1.807, 2.05) is 28.7 Å². The molecule has 0 bridgehead atoms. The van der Waals surface area contributed by atoms with Crippen LogP contribution in [0.25, 0.3) is 5.69 Å². The van der Waals surface area contributed by atoms with Gasteiger partial charge in [-0.25, -0.2) is 4.98 Å². The molecule has 0 saturated carbocycles. The first-order valence-electron chi connectivity index (χ1n) is 8.42. The zero-order valence-corrected chi connectivity index (χ0v) is 14.5. The number of hydrogen-bond acceptors (Lipinski definition) is 5. The molecule has 0 unspecified atom stereocenters. The molecule has 4 rings (SSSR count). The van der Waals surface area contributed by atoms with Crippen molar-refractivity contribution in [2.75, 3.05) is 13.7 Å². The maximum Gasteiger partial charge on any atom is 0.150 e. The standard InChI is InChI=1S/C18H22N6O/c1-22-13-20-21-18(22)17-9-16(25-2)11-24(17)10-14-3-5-15(6-4-14)23-8-7-19-12-23/h3-8,12-13,16-17H,9-11H2,1-2H3/t16-,17+/m1/s1. The number of ether oxygens (including phenoxy) is 1. The van der Waals surface area contributed by atoms with Crippen LogP contribution in [-0.2, 0) is 18.3 Å². The lowest BCUT2D eigenvalue weighted by Crippen LogP contribution is -2.26. The van der Waals surface area contributed by atoms with E-state index < -0.39 is 0 Å². The Labute approximate surface area is 146 Å². The molecule has 0 N–H and O–H groups in total. The molecule has 0 spiro atoms. The third-order valence-corrected chi connectivity index (χ3v) is 4.87. The van der Waals surface area contributed by atoms with Gasteiger partial charge in [-0.1, -0.05) is 12.1 Å². The minimum atomic E-state index is 0.228. The van der Waals surface area contributed by atoms with Gasteiger partial charge >= 0.3 is 0 Å². The van der Waals surface area contributed by atoms with Crippen molar-refractivity contribution in [3.05, 3.63) is 60.7 Å². The van der Waals surface area contributed by atoms with Crippen LogP contribution in [0.15, 0.2) is 49.3 Å². The normalized spacial score (nSPS) is 21.0. The van der Waals surface area contributed by atoms with Gasteiger partial charge in [-0.15, -0.1) is 10.2 Å². The maximum atomic E-state index is 5.61. The number of aryl methyl sites for hydroxylation is 1. The van der Waals surface area contributed by atoms with Crippen LogP contribution in [-0.4, -0.2) is 49.0 Å². The van der Waals surface area contributed by atoms with Crippen LogP contribution in [0.5, 0.6) is 0 Å². The van der Waals surface area contributed by atoms with E-state index >= 15 is 0 Å². The number of methoxy groups -OCH3 is 1. The van der Waals surface area contributed by atoms with Crippen LogP contribution in [0.1, 0.15) is 23.9 Å². The molecule has 7 heteroatoms. The molecule has 1 aliphatic heterocycles. The molecule has 130 valence electrons. The van der Waals surface area contributed by atoms with Gasteiger partial charge in [0.1, 0.15) is 12.2 Å². The molecule has 25 heavy (non-hydrogen) atoms. The quantitative estimate of drug-likeness (QED) is 0.712. The van der Waals surface area contributed by atoms with Gasteiger partial charge in [-0.3, -0.25) is 4.90 Å². The van der Waals surface area contributed by atoms with Gasteiger partial charge in [0.2, 0.25) is 0 Å². The van der Waals surface area contributed by atoms with E-state index in [0.29, 0.717) is 0 Å². The summed E-state index contributed by atoms with van der Waals surface area (Å²) >= 11 is 0. The molecule has 7 nitrogen and oxygen atoms in total. The van der Waals surface area contributed by atoms with Crippen LogP contribution in [0.4, 0.5) is 0 Å². The summed E-state index contributed by atoms with van der Waals surface area (Å²) in [5.74, 6) is 0.995.